The fourth-order valence-electron chi connectivity index (χ4n) is 8.49. The van der Waals surface area contributed by atoms with Gasteiger partial charge in [-0.05, 0) is 116 Å². The summed E-state index contributed by atoms with van der Waals surface area (Å²) in [6, 6.07) is 14.0. The molecule has 0 aliphatic heterocycles. The maximum atomic E-state index is 12.4. The number of aryl methyl sites for hydroxylation is 1. The lowest BCUT2D eigenvalue weighted by Crippen LogP contribution is -2.51. The van der Waals surface area contributed by atoms with Crippen LogP contribution >= 0.6 is 0 Å². The zero-order valence-corrected chi connectivity index (χ0v) is 26.1. The van der Waals surface area contributed by atoms with Crippen LogP contribution < -0.4 is 4.90 Å². The van der Waals surface area contributed by atoms with Crippen molar-refractivity contribution in [2.75, 3.05) is 25.3 Å². The Labute approximate surface area is 250 Å². The van der Waals surface area contributed by atoms with Gasteiger partial charge in [-0.25, -0.2) is 8.42 Å². The molecule has 4 aliphatic carbocycles. The fourth-order valence-corrected chi connectivity index (χ4v) is 9.45. The molecule has 2 fully saturated rings. The van der Waals surface area contributed by atoms with E-state index in [1.54, 1.807) is 25.1 Å². The zero-order chi connectivity index (χ0) is 30.0. The molecule has 6 rings (SSSR count). The first kappa shape index (κ1) is 29.0. The number of hydrogen-bond acceptors (Lipinski definition) is 5. The number of ketones is 1. The van der Waals surface area contributed by atoms with Gasteiger partial charge in [-0.2, -0.15) is 0 Å². The van der Waals surface area contributed by atoms with E-state index in [2.05, 4.69) is 47.9 Å². The number of benzene rings is 2. The van der Waals surface area contributed by atoms with Crippen LogP contribution in [0.15, 0.2) is 70.2 Å². The molecule has 0 spiro atoms. The van der Waals surface area contributed by atoms with E-state index in [9.17, 15) is 18.3 Å². The van der Waals surface area contributed by atoms with Crippen LogP contribution in [0.4, 0.5) is 5.69 Å². The van der Waals surface area contributed by atoms with Crippen molar-refractivity contribution in [3.8, 4) is 11.8 Å². The number of allylic oxidation sites excluding steroid dienone is 4. The summed E-state index contributed by atoms with van der Waals surface area (Å²) in [7, 11) is 0.788. The van der Waals surface area contributed by atoms with Gasteiger partial charge < -0.3 is 10.0 Å². The van der Waals surface area contributed by atoms with Crippen molar-refractivity contribution in [1.82, 2.24) is 0 Å². The summed E-state index contributed by atoms with van der Waals surface area (Å²) >= 11 is 0. The maximum absolute atomic E-state index is 12.4. The van der Waals surface area contributed by atoms with Crippen LogP contribution in [0.25, 0.3) is 0 Å². The Hall–Kier alpha value is -3.14. The summed E-state index contributed by atoms with van der Waals surface area (Å²) in [5.41, 5.74) is 6.37. The molecule has 5 atom stereocenters. The Balaban J connectivity index is 1.43. The lowest BCUT2D eigenvalue weighted by molar-refractivity contribution is -0.114. The molecule has 0 saturated heterocycles. The Morgan fingerprint density at radius 2 is 1.76 bits per heavy atom. The monoisotopic (exact) mass is 583 g/mol. The molecule has 0 heterocycles. The van der Waals surface area contributed by atoms with Crippen LogP contribution in [0.1, 0.15) is 74.5 Å². The van der Waals surface area contributed by atoms with Gasteiger partial charge in [-0.1, -0.05) is 36.5 Å². The van der Waals surface area contributed by atoms with Gasteiger partial charge in [-0.15, -0.1) is 0 Å². The number of aliphatic hydroxyl groups is 1. The highest BCUT2D eigenvalue weighted by Gasteiger charge is 2.62. The van der Waals surface area contributed by atoms with Gasteiger partial charge in [0.15, 0.2) is 15.6 Å². The molecule has 1 N–H and O–H groups in total. The highest BCUT2D eigenvalue weighted by Crippen LogP contribution is 2.66. The molecule has 220 valence electrons. The molecule has 0 aromatic heterocycles. The minimum absolute atomic E-state index is 0.155. The molecule has 0 unspecified atom stereocenters. The summed E-state index contributed by atoms with van der Waals surface area (Å²) < 4.78 is 24.2. The Bertz CT molecular complexity index is 1690. The second kappa shape index (κ2) is 10.2. The van der Waals surface area contributed by atoms with Gasteiger partial charge in [0.1, 0.15) is 5.60 Å². The Morgan fingerprint density at radius 1 is 1.02 bits per heavy atom. The number of carbonyl (C=O) groups excluding carboxylic acids is 1. The zero-order valence-electron chi connectivity index (χ0n) is 25.3. The average molecular weight is 584 g/mol. The van der Waals surface area contributed by atoms with Gasteiger partial charge in [0.2, 0.25) is 0 Å². The summed E-state index contributed by atoms with van der Waals surface area (Å²) in [5, 5.41) is 12.4. The second-order valence-electron chi connectivity index (χ2n) is 13.4. The van der Waals surface area contributed by atoms with E-state index in [0.29, 0.717) is 40.7 Å². The first-order valence-corrected chi connectivity index (χ1v) is 17.0. The van der Waals surface area contributed by atoms with Gasteiger partial charge in [0.25, 0.3) is 0 Å². The SMILES string of the molecule is Cc1cc(C#C[C@]2(O)CC[C@H]3[C@@H]4CCC5=CC(=O)CCC5=C4[C@@H](c4ccc(N(C)C)cc4)C[C@@]32C)ccc1S(C)(=O)=O. The molecule has 0 radical (unpaired) electrons. The molecule has 42 heavy (non-hydrogen) atoms. The quantitative estimate of drug-likeness (QED) is 0.439. The Morgan fingerprint density at radius 3 is 2.43 bits per heavy atom. The summed E-state index contributed by atoms with van der Waals surface area (Å²) in [5.74, 6) is 7.64. The van der Waals surface area contributed by atoms with Crippen LogP contribution in [-0.2, 0) is 14.6 Å². The third-order valence-electron chi connectivity index (χ3n) is 10.7. The van der Waals surface area contributed by atoms with Gasteiger partial charge in [0.05, 0.1) is 4.90 Å². The molecule has 0 bridgehead atoms. The predicted molar refractivity (Wildman–Crippen MR) is 167 cm³/mol. The number of anilines is 1. The lowest BCUT2D eigenvalue weighted by atomic mass is 9.51. The second-order valence-corrected chi connectivity index (χ2v) is 15.4. The molecular formula is C36H41NO4S. The van der Waals surface area contributed by atoms with Gasteiger partial charge in [0, 0.05) is 49.4 Å². The summed E-state index contributed by atoms with van der Waals surface area (Å²) in [4.78, 5) is 14.8. The van der Waals surface area contributed by atoms with Crippen LogP contribution in [0.2, 0.25) is 0 Å². The van der Waals surface area contributed by atoms with E-state index in [-0.39, 0.29) is 11.7 Å². The van der Waals surface area contributed by atoms with Crippen molar-refractivity contribution in [2.24, 2.45) is 17.3 Å². The van der Waals surface area contributed by atoms with E-state index in [0.717, 1.165) is 37.8 Å². The molecular weight excluding hydrogens is 542 g/mol. The lowest BCUT2D eigenvalue weighted by Gasteiger charge is -2.53. The van der Waals surface area contributed by atoms with Gasteiger partial charge >= 0.3 is 0 Å². The first-order chi connectivity index (χ1) is 19.8. The van der Waals surface area contributed by atoms with Crippen molar-refractivity contribution in [3.63, 3.8) is 0 Å². The van der Waals surface area contributed by atoms with Crippen LogP contribution in [-0.4, -0.2) is 45.3 Å². The molecule has 4 aliphatic rings. The van der Waals surface area contributed by atoms with Crippen molar-refractivity contribution in [1.29, 1.82) is 0 Å². The van der Waals surface area contributed by atoms with E-state index in [1.807, 2.05) is 20.2 Å². The third kappa shape index (κ3) is 4.75. The minimum atomic E-state index is -3.31. The van der Waals surface area contributed by atoms with Crippen LogP contribution in [0.3, 0.4) is 0 Å². The third-order valence-corrected chi connectivity index (χ3v) is 11.9. The number of hydrogen-bond donors (Lipinski definition) is 1. The largest absolute Gasteiger partial charge is 0.378 e. The van der Waals surface area contributed by atoms with E-state index in [4.69, 9.17) is 0 Å². The molecule has 6 heteroatoms. The van der Waals surface area contributed by atoms with Crippen molar-refractivity contribution < 1.29 is 18.3 Å². The number of rotatable bonds is 3. The standard InChI is InChI=1S/C36H41NO4S/c1-23-20-24(6-15-33(23)42(5,40)41)16-18-36(39)19-17-32-30-13-9-26-21-28(38)12-14-29(26)34(30)31(22-35(32,36)2)25-7-10-27(11-8-25)37(3)4/h6-8,10-11,15,20-21,30-32,39H,9,12-14,17,19,22H2,1-5H3/t30-,31+,32-,35-,36-/m0/s1. The van der Waals surface area contributed by atoms with Crippen molar-refractivity contribution >= 4 is 21.3 Å². The van der Waals surface area contributed by atoms with Crippen LogP contribution in [0.5, 0.6) is 0 Å². The highest BCUT2D eigenvalue weighted by molar-refractivity contribution is 7.90. The number of carbonyl (C=O) groups is 1. The maximum Gasteiger partial charge on any atom is 0.175 e. The predicted octanol–water partition coefficient (Wildman–Crippen LogP) is 6.15. The smallest absolute Gasteiger partial charge is 0.175 e. The molecule has 0 amide bonds. The first-order valence-electron chi connectivity index (χ1n) is 15.1. The molecule has 2 saturated carbocycles. The molecule has 5 nitrogen and oxygen atoms in total. The number of nitrogens with zero attached hydrogens (tertiary/aromatic N) is 1. The molecule has 2 aromatic rings. The topological polar surface area (TPSA) is 74.7 Å². The summed E-state index contributed by atoms with van der Waals surface area (Å²) in [6.45, 7) is 4.03. The number of fused-ring (bicyclic) bond motifs is 4. The fraction of sp³-hybridized carbons (Fsp3) is 0.472. The van der Waals surface area contributed by atoms with E-state index in [1.165, 1.54) is 28.5 Å². The van der Waals surface area contributed by atoms with Crippen molar-refractivity contribution in [2.45, 2.75) is 75.2 Å². The summed E-state index contributed by atoms with van der Waals surface area (Å²) in [6.07, 6.45) is 8.77. The Kier molecular flexibility index (Phi) is 7.06. The van der Waals surface area contributed by atoms with E-state index < -0.39 is 20.9 Å². The van der Waals surface area contributed by atoms with Crippen LogP contribution in [0, 0.1) is 36.0 Å². The number of sulfone groups is 1. The van der Waals surface area contributed by atoms with Crippen molar-refractivity contribution in [3.05, 3.63) is 82.0 Å². The minimum Gasteiger partial charge on any atom is -0.378 e. The van der Waals surface area contributed by atoms with Gasteiger partial charge in [-0.3, -0.25) is 4.79 Å². The highest BCUT2D eigenvalue weighted by atomic mass is 32.2. The molecule has 2 aromatic carbocycles. The van der Waals surface area contributed by atoms with E-state index >= 15 is 0 Å². The average Bonchev–Trinajstić information content (AvgIpc) is 3.20. The normalized spacial score (nSPS) is 30.5.